The lowest BCUT2D eigenvalue weighted by atomic mass is 9.71. The van der Waals surface area contributed by atoms with E-state index in [4.69, 9.17) is 18.8 Å². The predicted molar refractivity (Wildman–Crippen MR) is 162 cm³/mol. The first kappa shape index (κ1) is 28.5. The molecule has 1 unspecified atom stereocenters. The van der Waals surface area contributed by atoms with Crippen LogP contribution in [-0.4, -0.2) is 31.3 Å². The van der Waals surface area contributed by atoms with Gasteiger partial charge in [-0.15, -0.1) is 0 Å². The first-order valence-corrected chi connectivity index (χ1v) is 14.4. The third-order valence-corrected chi connectivity index (χ3v) is 8.70. The lowest BCUT2D eigenvalue weighted by Crippen LogP contribution is -2.45. The van der Waals surface area contributed by atoms with Crippen LogP contribution >= 0.6 is 15.9 Å². The van der Waals surface area contributed by atoms with Gasteiger partial charge in [-0.2, -0.15) is 0 Å². The maximum absolute atomic E-state index is 12.9. The van der Waals surface area contributed by atoms with Gasteiger partial charge in [-0.3, -0.25) is 4.79 Å². The number of fused-ring (bicyclic) bond motifs is 1. The number of methoxy groups -OCH3 is 1. The molecule has 1 N–H and O–H groups in total. The molecule has 2 aliphatic rings. The van der Waals surface area contributed by atoms with E-state index in [-0.39, 0.29) is 5.91 Å². The normalized spacial score (nSPS) is 19.5. The molecule has 6 nitrogen and oxygen atoms in total. The fourth-order valence-electron chi connectivity index (χ4n) is 5.10. The molecule has 5 rings (SSSR count). The molecule has 3 aromatic carbocycles. The highest BCUT2D eigenvalue weighted by molar-refractivity contribution is 9.10. The SMILES string of the molecule is COc1ccc(Br)c(NC(=O)CCC2(C)OB(C3=Cc4ccc(OCc5ccccc5)cc4CC3)OC2(C)C)c1. The number of rotatable bonds is 9. The van der Waals surface area contributed by atoms with Crippen LogP contribution in [0.2, 0.25) is 0 Å². The number of nitrogens with one attached hydrogen (secondary N) is 1. The number of benzene rings is 3. The van der Waals surface area contributed by atoms with E-state index in [0.717, 1.165) is 39.7 Å². The van der Waals surface area contributed by atoms with Gasteiger partial charge in [0.05, 0.1) is 24.0 Å². The molecule has 40 heavy (non-hydrogen) atoms. The molecule has 0 aromatic heterocycles. The van der Waals surface area contributed by atoms with Crippen molar-refractivity contribution in [1.82, 2.24) is 0 Å². The van der Waals surface area contributed by atoms with Crippen molar-refractivity contribution < 1.29 is 23.6 Å². The third kappa shape index (κ3) is 6.30. The molecule has 0 radical (unpaired) electrons. The second kappa shape index (κ2) is 11.8. The van der Waals surface area contributed by atoms with Crippen molar-refractivity contribution in [2.24, 2.45) is 0 Å². The van der Waals surface area contributed by atoms with Crippen LogP contribution in [-0.2, 0) is 27.1 Å². The van der Waals surface area contributed by atoms with Gasteiger partial charge < -0.3 is 24.1 Å². The number of aryl methyl sites for hydroxylation is 1. The largest absolute Gasteiger partial charge is 0.497 e. The van der Waals surface area contributed by atoms with Crippen molar-refractivity contribution in [3.05, 3.63) is 93.4 Å². The van der Waals surface area contributed by atoms with Crippen LogP contribution < -0.4 is 14.8 Å². The Morgan fingerprint density at radius 1 is 1.00 bits per heavy atom. The Bertz CT molecular complexity index is 1410. The Kier molecular flexibility index (Phi) is 8.40. The Balaban J connectivity index is 1.21. The van der Waals surface area contributed by atoms with Crippen LogP contribution in [0, 0.1) is 0 Å². The number of halogens is 1. The summed E-state index contributed by atoms with van der Waals surface area (Å²) < 4.78 is 25.1. The zero-order valence-corrected chi connectivity index (χ0v) is 25.0. The standard InChI is InChI=1S/C32H35BBrNO5/c1-31(2)32(3,17-16-30(36)35-29-20-26(37-4)14-15-28(29)34)40-33(39-31)25-12-10-24-19-27(13-11-23(24)18-25)38-21-22-8-6-5-7-9-22/h5-9,11,13-15,18-20H,10,12,16-17,21H2,1-4H3,(H,35,36). The fraction of sp³-hybridized carbons (Fsp3) is 0.344. The van der Waals surface area contributed by atoms with Gasteiger partial charge in [-0.25, -0.2) is 0 Å². The van der Waals surface area contributed by atoms with Crippen LogP contribution in [0.5, 0.6) is 11.5 Å². The van der Waals surface area contributed by atoms with E-state index in [1.54, 1.807) is 13.2 Å². The molecule has 1 heterocycles. The molecule has 1 aliphatic heterocycles. The van der Waals surface area contributed by atoms with Crippen molar-refractivity contribution in [2.45, 2.75) is 64.3 Å². The van der Waals surface area contributed by atoms with Crippen molar-refractivity contribution in [3.63, 3.8) is 0 Å². The van der Waals surface area contributed by atoms with Gasteiger partial charge in [0.15, 0.2) is 0 Å². The molecule has 0 bridgehead atoms. The van der Waals surface area contributed by atoms with Gasteiger partial charge >= 0.3 is 7.12 Å². The monoisotopic (exact) mass is 603 g/mol. The first-order valence-electron chi connectivity index (χ1n) is 13.6. The number of amides is 1. The number of hydrogen-bond donors (Lipinski definition) is 1. The summed E-state index contributed by atoms with van der Waals surface area (Å²) in [5, 5.41) is 2.98. The molecule has 0 spiro atoms. The first-order chi connectivity index (χ1) is 19.2. The van der Waals surface area contributed by atoms with Gasteiger partial charge in [0, 0.05) is 17.0 Å². The highest BCUT2D eigenvalue weighted by atomic mass is 79.9. The molecule has 1 fully saturated rings. The summed E-state index contributed by atoms with van der Waals surface area (Å²) in [6, 6.07) is 21.9. The van der Waals surface area contributed by atoms with Crippen LogP contribution in [0.1, 0.15) is 56.7 Å². The summed E-state index contributed by atoms with van der Waals surface area (Å²) in [7, 11) is 1.16. The molecule has 1 saturated heterocycles. The third-order valence-electron chi connectivity index (χ3n) is 8.01. The van der Waals surface area contributed by atoms with E-state index in [0.29, 0.717) is 30.9 Å². The maximum atomic E-state index is 12.9. The summed E-state index contributed by atoms with van der Waals surface area (Å²) >= 11 is 3.49. The van der Waals surface area contributed by atoms with E-state index < -0.39 is 18.3 Å². The maximum Gasteiger partial charge on any atom is 0.490 e. The van der Waals surface area contributed by atoms with E-state index in [2.05, 4.69) is 51.6 Å². The summed E-state index contributed by atoms with van der Waals surface area (Å²) in [6.07, 6.45) is 4.74. The smallest absolute Gasteiger partial charge is 0.490 e. The van der Waals surface area contributed by atoms with Crippen LogP contribution in [0.25, 0.3) is 6.08 Å². The van der Waals surface area contributed by atoms with Gasteiger partial charge in [0.2, 0.25) is 5.91 Å². The molecule has 208 valence electrons. The van der Waals surface area contributed by atoms with Gasteiger partial charge in [-0.1, -0.05) is 42.5 Å². The van der Waals surface area contributed by atoms with Crippen LogP contribution in [0.3, 0.4) is 0 Å². The molecule has 1 atom stereocenters. The van der Waals surface area contributed by atoms with Crippen molar-refractivity contribution in [3.8, 4) is 11.5 Å². The number of carbonyl (C=O) groups excluding carboxylic acids is 1. The van der Waals surface area contributed by atoms with Gasteiger partial charge in [-0.05, 0) is 102 Å². The van der Waals surface area contributed by atoms with Crippen LogP contribution in [0.15, 0.2) is 76.7 Å². The molecular formula is C32H35BBrNO5. The number of carbonyl (C=O) groups is 1. The number of hydrogen-bond acceptors (Lipinski definition) is 5. The minimum atomic E-state index is -0.628. The quantitative estimate of drug-likeness (QED) is 0.258. The highest BCUT2D eigenvalue weighted by Crippen LogP contribution is 2.44. The average molecular weight is 604 g/mol. The Labute approximate surface area is 245 Å². The zero-order valence-electron chi connectivity index (χ0n) is 23.5. The van der Waals surface area contributed by atoms with E-state index in [1.807, 2.05) is 57.2 Å². The van der Waals surface area contributed by atoms with E-state index >= 15 is 0 Å². The predicted octanol–water partition coefficient (Wildman–Crippen LogP) is 7.40. The van der Waals surface area contributed by atoms with Crippen molar-refractivity contribution >= 4 is 40.7 Å². The molecule has 0 saturated carbocycles. The van der Waals surface area contributed by atoms with E-state index in [1.165, 1.54) is 5.56 Å². The summed E-state index contributed by atoms with van der Waals surface area (Å²) in [5.74, 6) is 1.47. The molecule has 1 amide bonds. The zero-order chi connectivity index (χ0) is 28.3. The molecule has 8 heteroatoms. The summed E-state index contributed by atoms with van der Waals surface area (Å²) in [6.45, 7) is 6.66. The minimum Gasteiger partial charge on any atom is -0.497 e. The van der Waals surface area contributed by atoms with Gasteiger partial charge in [0.25, 0.3) is 0 Å². The molecular weight excluding hydrogens is 569 g/mol. The van der Waals surface area contributed by atoms with Crippen molar-refractivity contribution in [2.75, 3.05) is 12.4 Å². The second-order valence-electron chi connectivity index (χ2n) is 11.1. The summed E-state index contributed by atoms with van der Waals surface area (Å²) in [4.78, 5) is 12.9. The summed E-state index contributed by atoms with van der Waals surface area (Å²) in [5.41, 5.74) is 4.17. The Morgan fingerprint density at radius 2 is 1.77 bits per heavy atom. The Hall–Kier alpha value is -3.07. The molecule has 3 aromatic rings. The average Bonchev–Trinajstić information content (AvgIpc) is 3.20. The Morgan fingerprint density at radius 3 is 2.55 bits per heavy atom. The fourth-order valence-corrected chi connectivity index (χ4v) is 5.45. The number of allylic oxidation sites excluding steroid dienone is 1. The highest BCUT2D eigenvalue weighted by Gasteiger charge is 2.55. The van der Waals surface area contributed by atoms with Gasteiger partial charge in [0.1, 0.15) is 18.1 Å². The lowest BCUT2D eigenvalue weighted by molar-refractivity contribution is -0.117. The number of anilines is 1. The lowest BCUT2D eigenvalue weighted by Gasteiger charge is -2.36. The van der Waals surface area contributed by atoms with Crippen LogP contribution in [0.4, 0.5) is 5.69 Å². The second-order valence-corrected chi connectivity index (χ2v) is 11.9. The van der Waals surface area contributed by atoms with Crippen molar-refractivity contribution in [1.29, 1.82) is 0 Å². The molecule has 1 aliphatic carbocycles. The topological polar surface area (TPSA) is 66.0 Å². The minimum absolute atomic E-state index is 0.0888. The number of ether oxygens (including phenoxy) is 2. The van der Waals surface area contributed by atoms with E-state index in [9.17, 15) is 4.79 Å².